The first-order valence-electron chi connectivity index (χ1n) is 6.75. The molecule has 2 amide bonds. The third-order valence-corrected chi connectivity index (χ3v) is 4.64. The van der Waals surface area contributed by atoms with E-state index >= 15 is 0 Å². The molecule has 6 nitrogen and oxygen atoms in total. The first-order valence-corrected chi connectivity index (χ1v) is 7.98. The Morgan fingerprint density at radius 3 is 2.50 bits per heavy atom. The molecule has 1 saturated heterocycles. The molecule has 0 aromatic heterocycles. The third-order valence-electron chi connectivity index (χ3n) is 3.39. The number of nitrogens with one attached hydrogen (secondary N) is 1. The lowest BCUT2D eigenvalue weighted by molar-refractivity contribution is -0.145. The topological polar surface area (TPSA) is 78.9 Å². The van der Waals surface area contributed by atoms with Crippen LogP contribution in [0, 0.1) is 0 Å². The number of carbonyl (C=O) groups excluding carboxylic acids is 1. The molecule has 0 aliphatic carbocycles. The number of piperidine rings is 1. The Labute approximate surface area is 124 Å². The van der Waals surface area contributed by atoms with Gasteiger partial charge in [0.2, 0.25) is 0 Å². The van der Waals surface area contributed by atoms with Gasteiger partial charge in [0, 0.05) is 24.4 Å². The van der Waals surface area contributed by atoms with E-state index in [-0.39, 0.29) is 23.5 Å². The molecule has 7 heteroatoms. The highest BCUT2D eigenvalue weighted by molar-refractivity contribution is 7.99. The van der Waals surface area contributed by atoms with Crippen LogP contribution < -0.4 is 5.32 Å². The summed E-state index contributed by atoms with van der Waals surface area (Å²) in [5.74, 6) is -0.954. The molecule has 1 aliphatic rings. The summed E-state index contributed by atoms with van der Waals surface area (Å²) in [4.78, 5) is 24.2. The summed E-state index contributed by atoms with van der Waals surface area (Å²) in [6.07, 6.45) is 3.34. The second kappa shape index (κ2) is 7.73. The van der Waals surface area contributed by atoms with E-state index in [1.165, 1.54) is 0 Å². The summed E-state index contributed by atoms with van der Waals surface area (Å²) >= 11 is 1.72. The highest BCUT2D eigenvalue weighted by Crippen LogP contribution is 2.20. The Bertz CT molecular complexity index is 341. The number of carbonyl (C=O) groups is 2. The van der Waals surface area contributed by atoms with E-state index in [0.717, 1.165) is 0 Å². The maximum atomic E-state index is 12.0. The van der Waals surface area contributed by atoms with E-state index in [0.29, 0.717) is 32.5 Å². The van der Waals surface area contributed by atoms with Crippen molar-refractivity contribution in [3.63, 3.8) is 0 Å². The molecule has 2 N–H and O–H groups in total. The first kappa shape index (κ1) is 17.1. The van der Waals surface area contributed by atoms with Crippen molar-refractivity contribution in [2.24, 2.45) is 0 Å². The number of likely N-dealkylation sites (tertiary alicyclic amines) is 1. The van der Waals surface area contributed by atoms with Crippen molar-refractivity contribution in [3.8, 4) is 0 Å². The molecule has 0 aromatic rings. The van der Waals surface area contributed by atoms with E-state index in [1.807, 2.05) is 6.26 Å². The molecule has 0 aromatic carbocycles. The highest BCUT2D eigenvalue weighted by atomic mass is 32.2. The van der Waals surface area contributed by atoms with Crippen LogP contribution in [0.2, 0.25) is 0 Å². The molecule has 1 fully saturated rings. The molecule has 20 heavy (non-hydrogen) atoms. The number of urea groups is 1. The molecule has 0 bridgehead atoms. The fourth-order valence-electron chi connectivity index (χ4n) is 1.89. The zero-order valence-corrected chi connectivity index (χ0v) is 13.2. The van der Waals surface area contributed by atoms with Crippen LogP contribution in [0.15, 0.2) is 0 Å². The summed E-state index contributed by atoms with van der Waals surface area (Å²) in [6, 6.07) is -0.0520. The maximum absolute atomic E-state index is 12.0. The SMILES string of the molecule is CSC(C)(C)CNC(=O)N1CCC(OCC(=O)O)CC1. The standard InChI is InChI=1S/C13H24N2O4S/c1-13(2,20-3)9-14-12(18)15-6-4-10(5-7-15)19-8-11(16)17/h10H,4-9H2,1-3H3,(H,14,18)(H,16,17). The van der Waals surface area contributed by atoms with Crippen molar-refractivity contribution < 1.29 is 19.4 Å². The minimum absolute atomic E-state index is 0.0264. The summed E-state index contributed by atoms with van der Waals surface area (Å²) in [5, 5.41) is 11.5. The number of nitrogens with zero attached hydrogens (tertiary/aromatic N) is 1. The molecule has 0 atom stereocenters. The van der Waals surface area contributed by atoms with Gasteiger partial charge in [-0.15, -0.1) is 0 Å². The van der Waals surface area contributed by atoms with Crippen LogP contribution in [0.3, 0.4) is 0 Å². The van der Waals surface area contributed by atoms with Gasteiger partial charge in [-0.05, 0) is 32.9 Å². The molecule has 0 radical (unpaired) electrons. The lowest BCUT2D eigenvalue weighted by Crippen LogP contribution is -2.48. The third kappa shape index (κ3) is 6.00. The lowest BCUT2D eigenvalue weighted by Gasteiger charge is -2.32. The van der Waals surface area contributed by atoms with E-state index in [9.17, 15) is 9.59 Å². The second-order valence-corrected chi connectivity index (χ2v) is 7.03. The van der Waals surface area contributed by atoms with Crippen molar-refractivity contribution in [1.29, 1.82) is 0 Å². The van der Waals surface area contributed by atoms with Crippen LogP contribution in [-0.4, -0.2) is 65.4 Å². The van der Waals surface area contributed by atoms with E-state index in [2.05, 4.69) is 19.2 Å². The Balaban J connectivity index is 2.27. The van der Waals surface area contributed by atoms with Gasteiger partial charge in [0.25, 0.3) is 0 Å². The smallest absolute Gasteiger partial charge is 0.329 e. The normalized spacial score (nSPS) is 17.1. The average molecular weight is 304 g/mol. The Morgan fingerprint density at radius 2 is 2.00 bits per heavy atom. The van der Waals surface area contributed by atoms with Crippen molar-refractivity contribution in [2.45, 2.75) is 37.5 Å². The van der Waals surface area contributed by atoms with E-state index < -0.39 is 5.97 Å². The number of aliphatic carboxylic acids is 1. The van der Waals surface area contributed by atoms with Gasteiger partial charge in [-0.2, -0.15) is 11.8 Å². The molecular weight excluding hydrogens is 280 g/mol. The van der Waals surface area contributed by atoms with Gasteiger partial charge in [-0.25, -0.2) is 9.59 Å². The maximum Gasteiger partial charge on any atom is 0.329 e. The first-order chi connectivity index (χ1) is 9.34. The molecule has 1 heterocycles. The van der Waals surface area contributed by atoms with Crippen molar-refractivity contribution in [2.75, 3.05) is 32.5 Å². The van der Waals surface area contributed by atoms with Crippen LogP contribution in [0.4, 0.5) is 4.79 Å². The zero-order chi connectivity index (χ0) is 15.2. The predicted octanol–water partition coefficient (Wildman–Crippen LogP) is 1.40. The molecular formula is C13H24N2O4S. The minimum atomic E-state index is -0.954. The van der Waals surface area contributed by atoms with Crippen LogP contribution in [-0.2, 0) is 9.53 Å². The quantitative estimate of drug-likeness (QED) is 0.775. The Hall–Kier alpha value is -0.950. The fraction of sp³-hybridized carbons (Fsp3) is 0.846. The Morgan fingerprint density at radius 1 is 1.40 bits per heavy atom. The second-order valence-electron chi connectivity index (χ2n) is 5.51. The van der Waals surface area contributed by atoms with Gasteiger partial charge < -0.3 is 20.1 Å². The predicted molar refractivity (Wildman–Crippen MR) is 79.2 cm³/mol. The van der Waals surface area contributed by atoms with Crippen LogP contribution in [0.5, 0.6) is 0 Å². The van der Waals surface area contributed by atoms with Gasteiger partial charge >= 0.3 is 12.0 Å². The lowest BCUT2D eigenvalue weighted by atomic mass is 10.1. The van der Waals surface area contributed by atoms with E-state index in [1.54, 1.807) is 16.7 Å². The van der Waals surface area contributed by atoms with Crippen molar-refractivity contribution >= 4 is 23.8 Å². The summed E-state index contributed by atoms with van der Waals surface area (Å²) < 4.78 is 5.27. The highest BCUT2D eigenvalue weighted by Gasteiger charge is 2.25. The van der Waals surface area contributed by atoms with Crippen LogP contribution in [0.1, 0.15) is 26.7 Å². The van der Waals surface area contributed by atoms with Gasteiger partial charge in [0.1, 0.15) is 6.61 Å². The fourth-order valence-corrected chi connectivity index (χ4v) is 2.10. The number of thioether (sulfide) groups is 1. The van der Waals surface area contributed by atoms with Crippen LogP contribution in [0.25, 0.3) is 0 Å². The van der Waals surface area contributed by atoms with Gasteiger partial charge in [-0.1, -0.05) is 0 Å². The van der Waals surface area contributed by atoms with Crippen LogP contribution >= 0.6 is 11.8 Å². The minimum Gasteiger partial charge on any atom is -0.480 e. The summed E-state index contributed by atoms with van der Waals surface area (Å²) in [6.45, 7) is 5.75. The molecule has 0 unspecified atom stereocenters. The molecule has 1 rings (SSSR count). The number of carboxylic acids is 1. The largest absolute Gasteiger partial charge is 0.480 e. The number of ether oxygens (including phenoxy) is 1. The number of hydrogen-bond acceptors (Lipinski definition) is 4. The number of rotatable bonds is 6. The van der Waals surface area contributed by atoms with E-state index in [4.69, 9.17) is 9.84 Å². The number of amides is 2. The van der Waals surface area contributed by atoms with Gasteiger partial charge in [0.15, 0.2) is 0 Å². The number of hydrogen-bond donors (Lipinski definition) is 2. The number of carboxylic acid groups (broad SMARTS) is 1. The Kier molecular flexibility index (Phi) is 6.61. The van der Waals surface area contributed by atoms with Crippen molar-refractivity contribution in [3.05, 3.63) is 0 Å². The summed E-state index contributed by atoms with van der Waals surface area (Å²) in [5.41, 5.74) is 0. The molecule has 0 saturated carbocycles. The van der Waals surface area contributed by atoms with Gasteiger partial charge in [0.05, 0.1) is 6.10 Å². The average Bonchev–Trinajstić information content (AvgIpc) is 2.43. The molecule has 1 aliphatic heterocycles. The van der Waals surface area contributed by atoms with Crippen molar-refractivity contribution in [1.82, 2.24) is 10.2 Å². The zero-order valence-electron chi connectivity index (χ0n) is 12.3. The molecule has 0 spiro atoms. The monoisotopic (exact) mass is 304 g/mol. The summed E-state index contributed by atoms with van der Waals surface area (Å²) in [7, 11) is 0. The van der Waals surface area contributed by atoms with Gasteiger partial charge in [-0.3, -0.25) is 0 Å². The molecule has 116 valence electrons.